The second kappa shape index (κ2) is 9.64. The summed E-state index contributed by atoms with van der Waals surface area (Å²) in [6, 6.07) is 11.4. The number of ether oxygens (including phenoxy) is 1. The van der Waals surface area contributed by atoms with Crippen LogP contribution < -0.4 is 10.1 Å². The molecule has 2 aliphatic rings. The Bertz CT molecular complexity index is 1320. The van der Waals surface area contributed by atoms with E-state index in [1.807, 2.05) is 31.3 Å². The Morgan fingerprint density at radius 2 is 1.75 bits per heavy atom. The van der Waals surface area contributed by atoms with E-state index in [9.17, 15) is 14.7 Å². The summed E-state index contributed by atoms with van der Waals surface area (Å²) in [5.74, 6) is -0.783. The quantitative estimate of drug-likeness (QED) is 0.359. The minimum Gasteiger partial charge on any atom is -0.495 e. The average molecular weight is 529 g/mol. The van der Waals surface area contributed by atoms with Crippen LogP contribution >= 0.6 is 23.2 Å². The highest BCUT2D eigenvalue weighted by Crippen LogP contribution is 2.44. The number of halogens is 2. The lowest BCUT2D eigenvalue weighted by Crippen LogP contribution is -2.51. The highest BCUT2D eigenvalue weighted by molar-refractivity contribution is 6.46. The van der Waals surface area contributed by atoms with Gasteiger partial charge in [-0.3, -0.25) is 9.59 Å². The fraction of sp³-hybridized carbons (Fsp3) is 0.429. The number of amides is 1. The zero-order valence-electron chi connectivity index (χ0n) is 20.4. The van der Waals surface area contributed by atoms with E-state index in [4.69, 9.17) is 27.9 Å². The van der Waals surface area contributed by atoms with Crippen molar-refractivity contribution in [1.82, 2.24) is 9.88 Å². The molecular weight excluding hydrogens is 499 g/mol. The van der Waals surface area contributed by atoms with E-state index in [1.165, 1.54) is 7.11 Å². The molecule has 2 fully saturated rings. The zero-order chi connectivity index (χ0) is 25.6. The molecule has 1 atom stereocenters. The number of hydrogen-bond acceptors (Lipinski definition) is 3. The Balaban J connectivity index is 1.42. The van der Waals surface area contributed by atoms with E-state index in [0.29, 0.717) is 26.9 Å². The van der Waals surface area contributed by atoms with Gasteiger partial charge in [-0.2, -0.15) is 0 Å². The van der Waals surface area contributed by atoms with Gasteiger partial charge in [-0.15, -0.1) is 0 Å². The Labute approximate surface area is 220 Å². The second-order valence-corrected chi connectivity index (χ2v) is 10.9. The van der Waals surface area contributed by atoms with E-state index in [-0.39, 0.29) is 11.8 Å². The predicted octanol–water partition coefficient (Wildman–Crippen LogP) is 6.66. The molecule has 36 heavy (non-hydrogen) atoms. The number of methoxy groups -OCH3 is 1. The van der Waals surface area contributed by atoms with Crippen LogP contribution in [0.15, 0.2) is 36.4 Å². The number of fused-ring (bicyclic) bond motifs is 1. The first kappa shape index (κ1) is 25.0. The van der Waals surface area contributed by atoms with Crippen LogP contribution in [0.25, 0.3) is 10.9 Å². The normalized spacial score (nSPS) is 18.1. The maximum Gasteiger partial charge on any atom is 0.311 e. The molecule has 0 radical (unpaired) electrons. The molecule has 5 rings (SSSR count). The van der Waals surface area contributed by atoms with E-state index >= 15 is 0 Å². The summed E-state index contributed by atoms with van der Waals surface area (Å²) in [7, 11) is 3.34. The molecule has 190 valence electrons. The minimum absolute atomic E-state index is 0.191. The molecule has 0 aliphatic heterocycles. The summed E-state index contributed by atoms with van der Waals surface area (Å²) >= 11 is 12.8. The molecule has 0 bridgehead atoms. The third-order valence-corrected chi connectivity index (χ3v) is 9.03. The SMILES string of the molecule is COc1cc2c(cc(C(=O)NC3(c4ccc(C(C(=O)O)C5CCCC5)cc4)CCC3)n2C)c(Cl)c1Cl. The van der Waals surface area contributed by atoms with Crippen LogP contribution in [0.1, 0.15) is 72.5 Å². The maximum absolute atomic E-state index is 13.5. The summed E-state index contributed by atoms with van der Waals surface area (Å²) in [5, 5.41) is 14.5. The van der Waals surface area contributed by atoms with Gasteiger partial charge >= 0.3 is 5.97 Å². The van der Waals surface area contributed by atoms with Crippen molar-refractivity contribution < 1.29 is 19.4 Å². The third-order valence-electron chi connectivity index (χ3n) is 8.17. The number of carboxylic acid groups (broad SMARTS) is 1. The summed E-state index contributed by atoms with van der Waals surface area (Å²) in [4.78, 5) is 25.5. The standard InChI is InChI=1S/C28H30Cl2N2O4/c1-32-20-15-22(36-2)25(30)24(29)19(20)14-21(32)26(33)31-28(12-5-13-28)18-10-8-17(9-11-18)23(27(34)35)16-6-3-4-7-16/h8-11,14-16,23H,3-7,12-13H2,1-2H3,(H,31,33)(H,34,35). The number of aryl methyl sites for hydroxylation is 1. The zero-order valence-corrected chi connectivity index (χ0v) is 22.0. The minimum atomic E-state index is -0.757. The van der Waals surface area contributed by atoms with E-state index in [1.54, 1.807) is 16.7 Å². The summed E-state index contributed by atoms with van der Waals surface area (Å²) in [6.07, 6.45) is 6.78. The smallest absolute Gasteiger partial charge is 0.311 e. The maximum atomic E-state index is 13.5. The monoisotopic (exact) mass is 528 g/mol. The molecule has 1 aromatic heterocycles. The number of hydrogen-bond donors (Lipinski definition) is 2. The molecule has 1 unspecified atom stereocenters. The van der Waals surface area contributed by atoms with Crippen molar-refractivity contribution in [3.05, 3.63) is 63.3 Å². The lowest BCUT2D eigenvalue weighted by Gasteiger charge is -2.43. The van der Waals surface area contributed by atoms with Crippen molar-refractivity contribution >= 4 is 46.0 Å². The first-order valence-corrected chi connectivity index (χ1v) is 13.2. The molecule has 2 N–H and O–H groups in total. The molecule has 2 aromatic carbocycles. The van der Waals surface area contributed by atoms with Crippen molar-refractivity contribution in [2.75, 3.05) is 7.11 Å². The number of benzene rings is 2. The lowest BCUT2D eigenvalue weighted by molar-refractivity contribution is -0.140. The summed E-state index contributed by atoms with van der Waals surface area (Å²) in [5.41, 5.74) is 2.60. The molecule has 1 amide bonds. The number of aromatic nitrogens is 1. The number of aliphatic carboxylic acids is 1. The largest absolute Gasteiger partial charge is 0.495 e. The Morgan fingerprint density at radius 3 is 2.31 bits per heavy atom. The highest BCUT2D eigenvalue weighted by atomic mass is 35.5. The molecule has 2 aliphatic carbocycles. The Morgan fingerprint density at radius 1 is 1.08 bits per heavy atom. The summed E-state index contributed by atoms with van der Waals surface area (Å²) in [6.45, 7) is 0. The van der Waals surface area contributed by atoms with Crippen LogP contribution in [-0.2, 0) is 17.4 Å². The number of nitrogens with one attached hydrogen (secondary N) is 1. The molecule has 0 saturated heterocycles. The number of nitrogens with zero attached hydrogens (tertiary/aromatic N) is 1. The van der Waals surface area contributed by atoms with Crippen molar-refractivity contribution in [1.29, 1.82) is 0 Å². The van der Waals surface area contributed by atoms with Gasteiger partial charge in [0.05, 0.1) is 29.1 Å². The predicted molar refractivity (Wildman–Crippen MR) is 141 cm³/mol. The molecule has 1 heterocycles. The van der Waals surface area contributed by atoms with E-state index in [2.05, 4.69) is 5.32 Å². The first-order valence-electron chi connectivity index (χ1n) is 12.4. The lowest BCUT2D eigenvalue weighted by atomic mass is 9.71. The molecule has 2 saturated carbocycles. The fourth-order valence-electron chi connectivity index (χ4n) is 5.96. The van der Waals surface area contributed by atoms with Gasteiger partial charge in [0, 0.05) is 18.5 Å². The number of carbonyl (C=O) groups excluding carboxylic acids is 1. The number of carboxylic acids is 1. The number of rotatable bonds is 7. The van der Waals surface area contributed by atoms with Crippen LogP contribution in [-0.4, -0.2) is 28.7 Å². The molecule has 8 heteroatoms. The van der Waals surface area contributed by atoms with Crippen LogP contribution in [0.2, 0.25) is 10.0 Å². The third kappa shape index (κ3) is 4.14. The fourth-order valence-corrected chi connectivity index (χ4v) is 6.44. The van der Waals surface area contributed by atoms with E-state index in [0.717, 1.165) is 61.6 Å². The molecule has 3 aromatic rings. The molecule has 0 spiro atoms. The van der Waals surface area contributed by atoms with Crippen molar-refractivity contribution in [3.8, 4) is 5.75 Å². The Kier molecular flexibility index (Phi) is 6.69. The molecular formula is C28H30Cl2N2O4. The van der Waals surface area contributed by atoms with Crippen LogP contribution in [0.3, 0.4) is 0 Å². The van der Waals surface area contributed by atoms with E-state index < -0.39 is 17.4 Å². The van der Waals surface area contributed by atoms with Gasteiger partial charge in [-0.05, 0) is 55.2 Å². The highest BCUT2D eigenvalue weighted by Gasteiger charge is 2.41. The van der Waals surface area contributed by atoms with Crippen LogP contribution in [0.5, 0.6) is 5.75 Å². The van der Waals surface area contributed by atoms with Gasteiger partial charge in [0.1, 0.15) is 16.5 Å². The van der Waals surface area contributed by atoms with Gasteiger partial charge in [-0.1, -0.05) is 60.3 Å². The number of carbonyl (C=O) groups is 2. The molecule has 6 nitrogen and oxygen atoms in total. The second-order valence-electron chi connectivity index (χ2n) is 10.1. The van der Waals surface area contributed by atoms with Crippen LogP contribution in [0, 0.1) is 5.92 Å². The first-order chi connectivity index (χ1) is 17.3. The summed E-state index contributed by atoms with van der Waals surface area (Å²) < 4.78 is 7.13. The van der Waals surface area contributed by atoms with Crippen LogP contribution in [0.4, 0.5) is 0 Å². The average Bonchev–Trinajstić information content (AvgIpc) is 3.47. The van der Waals surface area contributed by atoms with Crippen molar-refractivity contribution in [2.45, 2.75) is 56.4 Å². The van der Waals surface area contributed by atoms with Gasteiger partial charge in [0.2, 0.25) is 0 Å². The topological polar surface area (TPSA) is 80.6 Å². The van der Waals surface area contributed by atoms with Crippen molar-refractivity contribution in [3.63, 3.8) is 0 Å². The van der Waals surface area contributed by atoms with Gasteiger partial charge in [0.15, 0.2) is 0 Å². The Hall–Kier alpha value is -2.70. The van der Waals surface area contributed by atoms with Gasteiger partial charge in [0.25, 0.3) is 5.91 Å². The van der Waals surface area contributed by atoms with Gasteiger partial charge < -0.3 is 19.7 Å². The van der Waals surface area contributed by atoms with Gasteiger partial charge in [-0.25, -0.2) is 0 Å². The van der Waals surface area contributed by atoms with Crippen molar-refractivity contribution in [2.24, 2.45) is 13.0 Å².